The summed E-state index contributed by atoms with van der Waals surface area (Å²) >= 11 is 0. The van der Waals surface area contributed by atoms with Gasteiger partial charge >= 0.3 is 0 Å². The van der Waals surface area contributed by atoms with Gasteiger partial charge in [-0.1, -0.05) is 30.3 Å². The number of aromatic amines is 1. The van der Waals surface area contributed by atoms with Gasteiger partial charge in [0, 0.05) is 46.3 Å². The molecule has 0 unspecified atom stereocenters. The molecule has 4 aromatic rings. The van der Waals surface area contributed by atoms with Crippen molar-refractivity contribution in [3.8, 4) is 0 Å². The second kappa shape index (κ2) is 10.9. The van der Waals surface area contributed by atoms with Gasteiger partial charge < -0.3 is 10.3 Å². The van der Waals surface area contributed by atoms with Gasteiger partial charge in [0.05, 0.1) is 21.2 Å². The minimum absolute atomic E-state index is 0.144. The lowest BCUT2D eigenvalue weighted by molar-refractivity contribution is -0.384. The van der Waals surface area contributed by atoms with Gasteiger partial charge in [0.2, 0.25) is 0 Å². The number of H-pyrrole nitrogens is 1. The van der Waals surface area contributed by atoms with Crippen LogP contribution in [0.15, 0.2) is 83.8 Å². The summed E-state index contributed by atoms with van der Waals surface area (Å²) in [6, 6.07) is 20.0. The predicted octanol–water partition coefficient (Wildman–Crippen LogP) is 4.12. The molecule has 0 atom stereocenters. The van der Waals surface area contributed by atoms with Gasteiger partial charge in [0.25, 0.3) is 21.6 Å². The summed E-state index contributed by atoms with van der Waals surface area (Å²) in [6.07, 6.45) is 3.28. The molecule has 12 heteroatoms. The van der Waals surface area contributed by atoms with Crippen LogP contribution in [-0.2, 0) is 20.8 Å². The van der Waals surface area contributed by atoms with Crippen molar-refractivity contribution in [1.82, 2.24) is 4.98 Å². The molecule has 1 heterocycles. The number of anilines is 2. The molecule has 35 heavy (non-hydrogen) atoms. The standard InChI is InChI=1S/C21H16N4O5S.C2H6OS/c26-21(20-13-14-5-1-2-6-17(14)22-20)23-18-7-3-4-8-19(18)24-31(29,30)16-11-9-15(10-12-16)25(27)28;1-4(2)3/h1-13,22,24H,(H,23,26);1-2H3. The number of nitrogens with zero attached hydrogens (tertiary/aromatic N) is 1. The summed E-state index contributed by atoms with van der Waals surface area (Å²) in [5, 5.41) is 14.3. The first-order valence-electron chi connectivity index (χ1n) is 10.1. The van der Waals surface area contributed by atoms with Crippen molar-refractivity contribution in [3.63, 3.8) is 0 Å². The van der Waals surface area contributed by atoms with E-state index in [-0.39, 0.29) is 22.0 Å². The zero-order valence-electron chi connectivity index (χ0n) is 18.7. The number of nitro benzene ring substituents is 1. The maximum absolute atomic E-state index is 12.7. The molecular formula is C23H22N4O6S2. The highest BCUT2D eigenvalue weighted by atomic mass is 32.2. The molecule has 182 valence electrons. The number of fused-ring (bicyclic) bond motifs is 1. The first-order chi connectivity index (χ1) is 16.6. The van der Waals surface area contributed by atoms with Crippen molar-refractivity contribution >= 4 is 54.7 Å². The summed E-state index contributed by atoms with van der Waals surface area (Å²) in [5.74, 6) is -0.432. The van der Waals surface area contributed by atoms with Crippen LogP contribution in [-0.4, -0.2) is 41.0 Å². The number of hydrogen-bond acceptors (Lipinski definition) is 6. The van der Waals surface area contributed by atoms with E-state index in [1.807, 2.05) is 24.3 Å². The fourth-order valence-electron chi connectivity index (χ4n) is 3.02. The van der Waals surface area contributed by atoms with E-state index < -0.39 is 31.7 Å². The molecule has 3 N–H and O–H groups in total. The van der Waals surface area contributed by atoms with Crippen molar-refractivity contribution in [3.05, 3.63) is 94.7 Å². The van der Waals surface area contributed by atoms with E-state index in [2.05, 4.69) is 15.0 Å². The Kier molecular flexibility index (Phi) is 7.99. The fourth-order valence-corrected chi connectivity index (χ4v) is 4.10. The lowest BCUT2D eigenvalue weighted by Gasteiger charge is -2.13. The molecule has 10 nitrogen and oxygen atoms in total. The molecule has 4 rings (SSSR count). The number of hydrogen-bond donors (Lipinski definition) is 3. The number of benzene rings is 3. The molecule has 0 fully saturated rings. The molecule has 1 aromatic heterocycles. The van der Waals surface area contributed by atoms with E-state index in [4.69, 9.17) is 0 Å². The quantitative estimate of drug-likeness (QED) is 0.260. The van der Waals surface area contributed by atoms with Gasteiger partial charge in [-0.15, -0.1) is 0 Å². The molecule has 1 amide bonds. The van der Waals surface area contributed by atoms with E-state index in [0.29, 0.717) is 5.69 Å². The molecule has 0 aliphatic carbocycles. The molecule has 3 aromatic carbocycles. The molecular weight excluding hydrogens is 492 g/mol. The predicted molar refractivity (Wildman–Crippen MR) is 137 cm³/mol. The summed E-state index contributed by atoms with van der Waals surface area (Å²) < 4.78 is 37.4. The third-order valence-corrected chi connectivity index (χ3v) is 5.93. The van der Waals surface area contributed by atoms with Crippen LogP contribution in [0.5, 0.6) is 0 Å². The van der Waals surface area contributed by atoms with E-state index in [9.17, 15) is 27.5 Å². The third kappa shape index (κ3) is 6.74. The number of para-hydroxylation sites is 3. The topological polar surface area (TPSA) is 151 Å². The van der Waals surface area contributed by atoms with Crippen LogP contribution in [0.25, 0.3) is 10.9 Å². The smallest absolute Gasteiger partial charge is 0.272 e. The van der Waals surface area contributed by atoms with Gasteiger partial charge in [0.15, 0.2) is 0 Å². The average Bonchev–Trinajstić information content (AvgIpc) is 3.24. The number of amides is 1. The Bertz CT molecular complexity index is 1460. The maximum Gasteiger partial charge on any atom is 0.272 e. The van der Waals surface area contributed by atoms with Gasteiger partial charge in [0.1, 0.15) is 5.69 Å². The minimum Gasteiger partial charge on any atom is -0.351 e. The molecule has 0 saturated carbocycles. The zero-order valence-corrected chi connectivity index (χ0v) is 20.4. The van der Waals surface area contributed by atoms with Crippen LogP contribution in [0.2, 0.25) is 0 Å². The van der Waals surface area contributed by atoms with Crippen molar-refractivity contribution in [2.24, 2.45) is 0 Å². The van der Waals surface area contributed by atoms with Gasteiger partial charge in [-0.3, -0.25) is 23.8 Å². The molecule has 0 spiro atoms. The molecule has 0 radical (unpaired) electrons. The molecule has 0 aliphatic rings. The summed E-state index contributed by atoms with van der Waals surface area (Å²) in [4.78, 5) is 25.7. The number of nitrogens with one attached hydrogen (secondary N) is 3. The number of sulfonamides is 1. The lowest BCUT2D eigenvalue weighted by Crippen LogP contribution is -2.17. The Balaban J connectivity index is 0.000000795. The normalized spacial score (nSPS) is 10.9. The Morgan fingerprint density at radius 1 is 0.943 bits per heavy atom. The minimum atomic E-state index is -4.03. The largest absolute Gasteiger partial charge is 0.351 e. The van der Waals surface area contributed by atoms with Crippen LogP contribution in [0, 0.1) is 10.1 Å². The van der Waals surface area contributed by atoms with E-state index >= 15 is 0 Å². The van der Waals surface area contributed by atoms with Crippen LogP contribution in [0.4, 0.5) is 17.1 Å². The monoisotopic (exact) mass is 514 g/mol. The first-order valence-corrected chi connectivity index (χ1v) is 13.5. The highest BCUT2D eigenvalue weighted by molar-refractivity contribution is 7.92. The Morgan fingerprint density at radius 3 is 2.11 bits per heavy atom. The third-order valence-electron chi connectivity index (χ3n) is 4.55. The van der Waals surface area contributed by atoms with Crippen LogP contribution >= 0.6 is 0 Å². The Hall–Kier alpha value is -4.03. The summed E-state index contributed by atoms with van der Waals surface area (Å²) in [7, 11) is -4.64. The number of aromatic nitrogens is 1. The zero-order chi connectivity index (χ0) is 25.6. The van der Waals surface area contributed by atoms with Crippen molar-refractivity contribution in [2.75, 3.05) is 22.6 Å². The number of carbonyl (C=O) groups is 1. The van der Waals surface area contributed by atoms with E-state index in [1.165, 1.54) is 6.07 Å². The second-order valence-corrected chi connectivity index (χ2v) is 10.5. The molecule has 0 aliphatic heterocycles. The van der Waals surface area contributed by atoms with Crippen LogP contribution < -0.4 is 10.0 Å². The van der Waals surface area contributed by atoms with Crippen LogP contribution in [0.1, 0.15) is 10.5 Å². The second-order valence-electron chi connectivity index (χ2n) is 7.37. The summed E-state index contributed by atoms with van der Waals surface area (Å²) in [6.45, 7) is 0. The fraction of sp³-hybridized carbons (Fsp3) is 0.0870. The van der Waals surface area contributed by atoms with Crippen molar-refractivity contribution in [2.45, 2.75) is 4.90 Å². The maximum atomic E-state index is 12.7. The van der Waals surface area contributed by atoms with E-state index in [1.54, 1.807) is 36.8 Å². The number of carbonyl (C=O) groups excluding carboxylic acids is 1. The first kappa shape index (κ1) is 25.6. The highest BCUT2D eigenvalue weighted by Gasteiger charge is 2.19. The van der Waals surface area contributed by atoms with Crippen molar-refractivity contribution < 1.29 is 22.3 Å². The SMILES string of the molecule is CS(C)=O.O=C(Nc1ccccc1NS(=O)(=O)c1ccc([N+](=O)[O-])cc1)c1cc2ccccc2[nH]1. The van der Waals surface area contributed by atoms with Gasteiger partial charge in [-0.05, 0) is 36.4 Å². The highest BCUT2D eigenvalue weighted by Crippen LogP contribution is 2.26. The number of rotatable bonds is 6. The molecule has 0 bridgehead atoms. The lowest BCUT2D eigenvalue weighted by atomic mass is 10.2. The van der Waals surface area contributed by atoms with Crippen molar-refractivity contribution in [1.29, 1.82) is 0 Å². The summed E-state index contributed by atoms with van der Waals surface area (Å²) in [5.41, 5.74) is 1.33. The number of non-ortho nitro benzene ring substituents is 1. The van der Waals surface area contributed by atoms with E-state index in [0.717, 1.165) is 35.2 Å². The average molecular weight is 515 g/mol. The molecule has 0 saturated heterocycles. The number of nitro groups is 1. The van der Waals surface area contributed by atoms with Gasteiger partial charge in [-0.2, -0.15) is 0 Å². The van der Waals surface area contributed by atoms with Crippen LogP contribution in [0.3, 0.4) is 0 Å². The Labute approximate surface area is 204 Å². The Morgan fingerprint density at radius 2 is 1.51 bits per heavy atom. The van der Waals surface area contributed by atoms with Gasteiger partial charge in [-0.25, -0.2) is 8.42 Å².